The molecule has 0 aliphatic heterocycles. The Balaban J connectivity index is 1.77. The summed E-state index contributed by atoms with van der Waals surface area (Å²) in [6, 6.07) is 5.34. The Morgan fingerprint density at radius 2 is 2.07 bits per heavy atom. The molecule has 1 amide bonds. The third-order valence-corrected chi connectivity index (χ3v) is 5.74. The molecule has 0 aromatic carbocycles. The molecule has 0 fully saturated rings. The zero-order valence-corrected chi connectivity index (χ0v) is 16.7. The van der Waals surface area contributed by atoms with Gasteiger partial charge in [-0.05, 0) is 31.4 Å². The van der Waals surface area contributed by atoms with Crippen LogP contribution in [-0.4, -0.2) is 30.9 Å². The summed E-state index contributed by atoms with van der Waals surface area (Å²) < 4.78 is 39.9. The van der Waals surface area contributed by atoms with Crippen molar-refractivity contribution >= 4 is 44.7 Å². The highest BCUT2D eigenvalue weighted by atomic mass is 32.1. The molecule has 7 nitrogen and oxygen atoms in total. The second kappa shape index (κ2) is 7.19. The number of carbonyl (C=O) groups is 1. The van der Waals surface area contributed by atoms with E-state index >= 15 is 0 Å². The zero-order valence-electron chi connectivity index (χ0n) is 15.1. The first-order chi connectivity index (χ1) is 13.7. The summed E-state index contributed by atoms with van der Waals surface area (Å²) in [5.74, 6) is -0.608. The van der Waals surface area contributed by atoms with Gasteiger partial charge in [0, 0.05) is 6.04 Å². The highest BCUT2D eigenvalue weighted by Gasteiger charge is 2.36. The van der Waals surface area contributed by atoms with Gasteiger partial charge in [0.05, 0.1) is 27.7 Å². The largest absolute Gasteiger partial charge is 0.445 e. The zero-order chi connectivity index (χ0) is 20.8. The molecule has 0 saturated carbocycles. The van der Waals surface area contributed by atoms with Gasteiger partial charge in [-0.2, -0.15) is 18.3 Å². The summed E-state index contributed by atoms with van der Waals surface area (Å²) in [5.41, 5.74) is 1.34. The van der Waals surface area contributed by atoms with E-state index in [-0.39, 0.29) is 28.1 Å². The van der Waals surface area contributed by atoms with E-state index in [0.29, 0.717) is 16.7 Å². The number of aromatic nitrogens is 5. The Hall–Kier alpha value is -2.86. The fourth-order valence-corrected chi connectivity index (χ4v) is 3.98. The summed E-state index contributed by atoms with van der Waals surface area (Å²) >= 11 is 1.73. The maximum Gasteiger partial charge on any atom is 0.445 e. The van der Waals surface area contributed by atoms with Crippen LogP contribution in [0.15, 0.2) is 29.8 Å². The van der Waals surface area contributed by atoms with Gasteiger partial charge >= 0.3 is 6.18 Å². The number of fused-ring (bicyclic) bond motifs is 1. The normalized spacial score (nSPS) is 12.1. The first-order valence-corrected chi connectivity index (χ1v) is 10.1. The first kappa shape index (κ1) is 19.5. The molecule has 0 aliphatic carbocycles. The average molecular weight is 438 g/mol. The third-order valence-electron chi connectivity index (χ3n) is 3.96. The third kappa shape index (κ3) is 3.72. The van der Waals surface area contributed by atoms with Crippen LogP contribution in [0.4, 0.5) is 18.3 Å². The average Bonchev–Trinajstić information content (AvgIpc) is 3.39. The first-order valence-electron chi connectivity index (χ1n) is 8.38. The van der Waals surface area contributed by atoms with Crippen molar-refractivity contribution in [2.75, 3.05) is 5.32 Å². The Morgan fingerprint density at radius 3 is 2.69 bits per heavy atom. The van der Waals surface area contributed by atoms with Crippen LogP contribution in [0.2, 0.25) is 0 Å². The number of halogens is 3. The molecule has 4 rings (SSSR count). The summed E-state index contributed by atoms with van der Waals surface area (Å²) in [5, 5.41) is 14.2. The van der Waals surface area contributed by atoms with Crippen molar-refractivity contribution in [3.8, 4) is 10.6 Å². The molecule has 29 heavy (non-hydrogen) atoms. The monoisotopic (exact) mass is 438 g/mol. The van der Waals surface area contributed by atoms with Gasteiger partial charge in [-0.3, -0.25) is 10.1 Å². The van der Waals surface area contributed by atoms with Crippen LogP contribution in [0.25, 0.3) is 21.6 Å². The molecule has 4 aromatic rings. The summed E-state index contributed by atoms with van der Waals surface area (Å²) in [6.45, 7) is 3.87. The van der Waals surface area contributed by atoms with Gasteiger partial charge in [0.25, 0.3) is 5.91 Å². The van der Waals surface area contributed by atoms with Crippen molar-refractivity contribution in [1.82, 2.24) is 25.0 Å². The molecule has 0 atom stereocenters. The maximum absolute atomic E-state index is 12.9. The highest BCUT2D eigenvalue weighted by Crippen LogP contribution is 2.34. The fourth-order valence-electron chi connectivity index (χ4n) is 2.69. The molecule has 0 unspecified atom stereocenters. The molecule has 4 aromatic heterocycles. The predicted octanol–water partition coefficient (Wildman–Crippen LogP) is 4.86. The highest BCUT2D eigenvalue weighted by molar-refractivity contribution is 7.15. The van der Waals surface area contributed by atoms with Gasteiger partial charge < -0.3 is 0 Å². The summed E-state index contributed by atoms with van der Waals surface area (Å²) in [4.78, 5) is 18.4. The van der Waals surface area contributed by atoms with E-state index in [1.807, 2.05) is 31.4 Å². The number of nitrogens with zero attached hydrogens (tertiary/aromatic N) is 5. The Morgan fingerprint density at radius 1 is 1.28 bits per heavy atom. The van der Waals surface area contributed by atoms with Gasteiger partial charge in [0.15, 0.2) is 5.65 Å². The second-order valence-corrected chi connectivity index (χ2v) is 8.24. The van der Waals surface area contributed by atoms with Gasteiger partial charge in [-0.15, -0.1) is 21.5 Å². The van der Waals surface area contributed by atoms with Crippen LogP contribution in [0.5, 0.6) is 0 Å². The molecule has 12 heteroatoms. The van der Waals surface area contributed by atoms with Gasteiger partial charge in [-0.25, -0.2) is 9.67 Å². The van der Waals surface area contributed by atoms with Gasteiger partial charge in [0.2, 0.25) is 10.1 Å². The molecule has 1 N–H and O–H groups in total. The lowest BCUT2D eigenvalue weighted by atomic mass is 10.1. The van der Waals surface area contributed by atoms with Crippen molar-refractivity contribution in [3.05, 3.63) is 40.3 Å². The lowest BCUT2D eigenvalue weighted by Gasteiger charge is -2.09. The number of alkyl halides is 3. The molecule has 4 heterocycles. The maximum atomic E-state index is 12.9. The van der Waals surface area contributed by atoms with Crippen molar-refractivity contribution < 1.29 is 18.0 Å². The number of pyridine rings is 1. The van der Waals surface area contributed by atoms with Crippen molar-refractivity contribution in [1.29, 1.82) is 0 Å². The van der Waals surface area contributed by atoms with Crippen LogP contribution >= 0.6 is 22.7 Å². The Bertz CT molecular complexity index is 1180. The van der Waals surface area contributed by atoms with Crippen molar-refractivity contribution in [3.63, 3.8) is 0 Å². The molecule has 0 spiro atoms. The number of carbonyl (C=O) groups excluding carboxylic acids is 1. The summed E-state index contributed by atoms with van der Waals surface area (Å²) in [7, 11) is 0. The van der Waals surface area contributed by atoms with Crippen molar-refractivity contribution in [2.24, 2.45) is 0 Å². The van der Waals surface area contributed by atoms with Crippen molar-refractivity contribution in [2.45, 2.75) is 26.1 Å². The standard InChI is InChI=1S/C17H13F3N6OS2/c1-8(2)26-13-10(7-21-26)9(6-11(22-13)12-4-3-5-28-12)14(27)23-16-25-24-15(29-16)17(18,19)20/h3-8H,1-2H3,(H,23,25,27). The van der Waals surface area contributed by atoms with E-state index < -0.39 is 17.1 Å². The van der Waals surface area contributed by atoms with Crippen LogP contribution in [0, 0.1) is 0 Å². The second-order valence-electron chi connectivity index (χ2n) is 6.32. The predicted molar refractivity (Wildman–Crippen MR) is 104 cm³/mol. The molecule has 0 radical (unpaired) electrons. The number of thiophene rings is 1. The summed E-state index contributed by atoms with van der Waals surface area (Å²) in [6.07, 6.45) is -3.09. The van der Waals surface area contributed by atoms with E-state index in [1.54, 1.807) is 10.7 Å². The number of nitrogens with one attached hydrogen (secondary N) is 1. The van der Waals surface area contributed by atoms with E-state index in [4.69, 9.17) is 0 Å². The molecular weight excluding hydrogens is 425 g/mol. The van der Waals surface area contributed by atoms with Crippen LogP contribution in [0.1, 0.15) is 35.3 Å². The lowest BCUT2D eigenvalue weighted by Crippen LogP contribution is -2.13. The molecule has 0 saturated heterocycles. The van der Waals surface area contributed by atoms with Gasteiger partial charge in [-0.1, -0.05) is 17.4 Å². The molecule has 150 valence electrons. The molecule has 0 bridgehead atoms. The smallest absolute Gasteiger partial charge is 0.296 e. The van der Waals surface area contributed by atoms with Crippen LogP contribution < -0.4 is 5.32 Å². The van der Waals surface area contributed by atoms with Crippen LogP contribution in [-0.2, 0) is 6.18 Å². The number of hydrogen-bond acceptors (Lipinski definition) is 7. The Labute approximate surface area is 170 Å². The minimum atomic E-state index is -4.62. The molecule has 0 aliphatic rings. The minimum absolute atomic E-state index is 0.00648. The molecular formula is C17H13F3N6OS2. The SMILES string of the molecule is CC(C)n1ncc2c(C(=O)Nc3nnc(C(F)(F)F)s3)cc(-c3cccs3)nc21. The number of amides is 1. The quantitative estimate of drug-likeness (QED) is 0.492. The number of rotatable bonds is 4. The lowest BCUT2D eigenvalue weighted by molar-refractivity contribution is -0.138. The Kier molecular flexibility index (Phi) is 4.82. The topological polar surface area (TPSA) is 85.6 Å². The number of hydrogen-bond donors (Lipinski definition) is 1. The van der Waals surface area contributed by atoms with E-state index in [1.165, 1.54) is 17.5 Å². The van der Waals surface area contributed by atoms with E-state index in [2.05, 4.69) is 25.6 Å². The van der Waals surface area contributed by atoms with Gasteiger partial charge in [0.1, 0.15) is 0 Å². The number of anilines is 1. The fraction of sp³-hybridized carbons (Fsp3) is 0.235. The van der Waals surface area contributed by atoms with E-state index in [0.717, 1.165) is 4.88 Å². The van der Waals surface area contributed by atoms with Crippen LogP contribution in [0.3, 0.4) is 0 Å². The van der Waals surface area contributed by atoms with E-state index in [9.17, 15) is 18.0 Å². The minimum Gasteiger partial charge on any atom is -0.296 e.